The summed E-state index contributed by atoms with van der Waals surface area (Å²) in [6.45, 7) is 3.83. The fourth-order valence-corrected chi connectivity index (χ4v) is 2.02. The van der Waals surface area contributed by atoms with Gasteiger partial charge in [0.25, 0.3) is 0 Å². The third-order valence-corrected chi connectivity index (χ3v) is 3.23. The van der Waals surface area contributed by atoms with E-state index < -0.39 is 0 Å². The average Bonchev–Trinajstić information content (AvgIpc) is 2.32. The molecule has 0 spiro atoms. The first-order valence-corrected chi connectivity index (χ1v) is 5.79. The zero-order chi connectivity index (χ0) is 13.0. The maximum atomic E-state index is 10.6. The molecule has 0 aliphatic rings. The number of hydrogen-bond acceptors (Lipinski definition) is 3. The minimum atomic E-state index is 0.0504. The summed E-state index contributed by atoms with van der Waals surface area (Å²) in [5, 5.41) is 0.621. The van der Waals surface area contributed by atoms with Gasteiger partial charge in [0.15, 0.2) is 11.5 Å². The summed E-state index contributed by atoms with van der Waals surface area (Å²) in [6.07, 6.45) is 1.32. The van der Waals surface area contributed by atoms with Crippen LogP contribution in [0.15, 0.2) is 6.07 Å². The predicted molar refractivity (Wildman–Crippen MR) is 68.4 cm³/mol. The molecular formula is C13H17ClO3. The summed E-state index contributed by atoms with van der Waals surface area (Å²) in [6, 6.07) is 1.84. The van der Waals surface area contributed by atoms with Crippen molar-refractivity contribution in [1.29, 1.82) is 0 Å². The topological polar surface area (TPSA) is 35.5 Å². The van der Waals surface area contributed by atoms with Crippen LogP contribution in [-0.4, -0.2) is 20.5 Å². The summed E-state index contributed by atoms with van der Waals surface area (Å²) in [5.74, 6) is 1.34. The second-order valence-electron chi connectivity index (χ2n) is 3.94. The zero-order valence-electron chi connectivity index (χ0n) is 10.5. The number of aldehydes is 1. The highest BCUT2D eigenvalue weighted by Gasteiger charge is 2.19. The number of ether oxygens (including phenoxy) is 2. The average molecular weight is 257 g/mol. The Morgan fingerprint density at radius 2 is 1.94 bits per heavy atom. The van der Waals surface area contributed by atoms with E-state index in [1.807, 2.05) is 19.9 Å². The van der Waals surface area contributed by atoms with Gasteiger partial charge in [-0.2, -0.15) is 0 Å². The first kappa shape index (κ1) is 13.8. The van der Waals surface area contributed by atoms with E-state index in [0.29, 0.717) is 22.9 Å². The molecule has 94 valence electrons. The Hall–Kier alpha value is -1.22. The molecule has 0 aromatic heterocycles. The van der Waals surface area contributed by atoms with E-state index in [4.69, 9.17) is 21.1 Å². The third-order valence-electron chi connectivity index (χ3n) is 2.84. The number of carbonyl (C=O) groups excluding carboxylic acids is 1. The number of carbonyl (C=O) groups is 1. The molecule has 0 fully saturated rings. The van der Waals surface area contributed by atoms with Crippen molar-refractivity contribution in [2.24, 2.45) is 0 Å². The van der Waals surface area contributed by atoms with Crippen LogP contribution >= 0.6 is 11.6 Å². The Kier molecular flexibility index (Phi) is 4.82. The quantitative estimate of drug-likeness (QED) is 0.758. The molecule has 1 aromatic rings. The van der Waals surface area contributed by atoms with Crippen LogP contribution in [0.25, 0.3) is 0 Å². The van der Waals surface area contributed by atoms with Gasteiger partial charge in [0.1, 0.15) is 6.29 Å². The molecule has 1 atom stereocenters. The molecule has 0 heterocycles. The Morgan fingerprint density at radius 3 is 2.41 bits per heavy atom. The Bertz CT molecular complexity index is 416. The maximum absolute atomic E-state index is 10.6. The molecule has 0 aliphatic heterocycles. The SMILES string of the molecule is COc1c(C(C)CC=O)cc(Cl)c(C)c1OC. The van der Waals surface area contributed by atoms with Crippen LogP contribution in [0.4, 0.5) is 0 Å². The molecule has 3 nitrogen and oxygen atoms in total. The summed E-state index contributed by atoms with van der Waals surface area (Å²) in [5.41, 5.74) is 1.74. The monoisotopic (exact) mass is 256 g/mol. The van der Waals surface area contributed by atoms with Crippen LogP contribution in [-0.2, 0) is 4.79 Å². The lowest BCUT2D eigenvalue weighted by Gasteiger charge is -2.19. The molecule has 0 radical (unpaired) electrons. The van der Waals surface area contributed by atoms with Crippen molar-refractivity contribution < 1.29 is 14.3 Å². The maximum Gasteiger partial charge on any atom is 0.165 e. The minimum Gasteiger partial charge on any atom is -0.493 e. The summed E-state index contributed by atoms with van der Waals surface area (Å²) < 4.78 is 10.7. The normalized spacial score (nSPS) is 12.1. The van der Waals surface area contributed by atoms with E-state index in [2.05, 4.69) is 0 Å². The first-order chi connectivity index (χ1) is 8.06. The molecule has 0 aliphatic carbocycles. The van der Waals surface area contributed by atoms with Gasteiger partial charge >= 0.3 is 0 Å². The molecule has 0 saturated carbocycles. The standard InChI is InChI=1S/C13H17ClO3/c1-8(5-6-15)10-7-11(14)9(2)12(16-3)13(10)17-4/h6-8H,5H2,1-4H3. The van der Waals surface area contributed by atoms with Crippen LogP contribution in [0.5, 0.6) is 11.5 Å². The fraction of sp³-hybridized carbons (Fsp3) is 0.462. The highest BCUT2D eigenvalue weighted by atomic mass is 35.5. The van der Waals surface area contributed by atoms with E-state index in [0.717, 1.165) is 17.4 Å². The molecule has 0 saturated heterocycles. The van der Waals surface area contributed by atoms with Crippen molar-refractivity contribution in [2.75, 3.05) is 14.2 Å². The van der Waals surface area contributed by atoms with Gasteiger partial charge in [0.05, 0.1) is 14.2 Å². The van der Waals surface area contributed by atoms with Crippen LogP contribution in [0.2, 0.25) is 5.02 Å². The smallest absolute Gasteiger partial charge is 0.165 e. The predicted octanol–water partition coefficient (Wildman–Crippen LogP) is 3.36. The van der Waals surface area contributed by atoms with Crippen molar-refractivity contribution in [3.05, 3.63) is 22.2 Å². The number of hydrogen-bond donors (Lipinski definition) is 0. The minimum absolute atomic E-state index is 0.0504. The molecule has 1 unspecified atom stereocenters. The van der Waals surface area contributed by atoms with Gasteiger partial charge in [-0.1, -0.05) is 18.5 Å². The van der Waals surface area contributed by atoms with E-state index >= 15 is 0 Å². The second kappa shape index (κ2) is 5.92. The highest BCUT2D eigenvalue weighted by molar-refractivity contribution is 6.31. The number of rotatable bonds is 5. The largest absolute Gasteiger partial charge is 0.493 e. The Balaban J connectivity index is 3.38. The second-order valence-corrected chi connectivity index (χ2v) is 4.35. The van der Waals surface area contributed by atoms with Gasteiger partial charge < -0.3 is 14.3 Å². The summed E-state index contributed by atoms with van der Waals surface area (Å²) in [4.78, 5) is 10.6. The number of halogens is 1. The summed E-state index contributed by atoms with van der Waals surface area (Å²) >= 11 is 6.15. The zero-order valence-corrected chi connectivity index (χ0v) is 11.3. The van der Waals surface area contributed by atoms with E-state index in [1.54, 1.807) is 14.2 Å². The van der Waals surface area contributed by atoms with Gasteiger partial charge in [-0.05, 0) is 18.9 Å². The van der Waals surface area contributed by atoms with Crippen molar-refractivity contribution in [1.82, 2.24) is 0 Å². The molecule has 0 N–H and O–H groups in total. The van der Waals surface area contributed by atoms with Gasteiger partial charge in [-0.3, -0.25) is 0 Å². The van der Waals surface area contributed by atoms with Crippen molar-refractivity contribution >= 4 is 17.9 Å². The Labute approximate surface area is 107 Å². The lowest BCUT2D eigenvalue weighted by atomic mass is 9.95. The Morgan fingerprint density at radius 1 is 1.35 bits per heavy atom. The van der Waals surface area contributed by atoms with Crippen molar-refractivity contribution in [2.45, 2.75) is 26.2 Å². The van der Waals surface area contributed by atoms with Crippen LogP contribution in [0.3, 0.4) is 0 Å². The molecule has 1 rings (SSSR count). The van der Waals surface area contributed by atoms with Gasteiger partial charge in [-0.15, -0.1) is 0 Å². The number of methoxy groups -OCH3 is 2. The van der Waals surface area contributed by atoms with E-state index in [-0.39, 0.29) is 5.92 Å². The lowest BCUT2D eigenvalue weighted by Crippen LogP contribution is -2.02. The first-order valence-electron chi connectivity index (χ1n) is 5.41. The molecule has 17 heavy (non-hydrogen) atoms. The van der Waals surface area contributed by atoms with Crippen LogP contribution in [0, 0.1) is 6.92 Å². The van der Waals surface area contributed by atoms with Crippen molar-refractivity contribution in [3.8, 4) is 11.5 Å². The van der Waals surface area contributed by atoms with Gasteiger partial charge in [0, 0.05) is 22.6 Å². The van der Waals surface area contributed by atoms with Gasteiger partial charge in [0.2, 0.25) is 0 Å². The number of benzene rings is 1. The fourth-order valence-electron chi connectivity index (χ4n) is 1.81. The van der Waals surface area contributed by atoms with Crippen molar-refractivity contribution in [3.63, 3.8) is 0 Å². The van der Waals surface area contributed by atoms with Crippen LogP contribution in [0.1, 0.15) is 30.4 Å². The van der Waals surface area contributed by atoms with E-state index in [1.165, 1.54) is 0 Å². The van der Waals surface area contributed by atoms with Crippen LogP contribution < -0.4 is 9.47 Å². The molecule has 0 bridgehead atoms. The molecule has 1 aromatic carbocycles. The van der Waals surface area contributed by atoms with E-state index in [9.17, 15) is 4.79 Å². The highest BCUT2D eigenvalue weighted by Crippen LogP contribution is 2.42. The molecular weight excluding hydrogens is 240 g/mol. The summed E-state index contributed by atoms with van der Waals surface area (Å²) in [7, 11) is 3.16. The molecule has 4 heteroatoms. The molecule has 0 amide bonds. The third kappa shape index (κ3) is 2.72. The van der Waals surface area contributed by atoms with Gasteiger partial charge in [-0.25, -0.2) is 0 Å². The lowest BCUT2D eigenvalue weighted by molar-refractivity contribution is -0.108.